The second-order valence-electron chi connectivity index (χ2n) is 3.81. The fourth-order valence-corrected chi connectivity index (χ4v) is 1.93. The third-order valence-electron chi connectivity index (χ3n) is 2.52. The number of nitrogens with zero attached hydrogens (tertiary/aromatic N) is 2. The third-order valence-corrected chi connectivity index (χ3v) is 2.75. The Kier molecular flexibility index (Phi) is 4.62. The maximum absolute atomic E-state index is 12.1. The molecule has 1 rings (SSSR count). The molecule has 0 aromatic carbocycles. The minimum atomic E-state index is -0.392. The van der Waals surface area contributed by atoms with Gasteiger partial charge in [-0.3, -0.25) is 13.9 Å². The molecule has 0 saturated heterocycles. The first-order valence-corrected chi connectivity index (χ1v) is 6.13. The van der Waals surface area contributed by atoms with Gasteiger partial charge in [-0.15, -0.1) is 0 Å². The Balaban J connectivity index is 3.63. The van der Waals surface area contributed by atoms with Crippen LogP contribution in [-0.2, 0) is 13.1 Å². The topological polar surface area (TPSA) is 70.0 Å². The predicted molar refractivity (Wildman–Crippen MR) is 72.7 cm³/mol. The van der Waals surface area contributed by atoms with E-state index in [9.17, 15) is 9.59 Å². The van der Waals surface area contributed by atoms with Crippen molar-refractivity contribution in [2.75, 3.05) is 5.73 Å². The molecule has 0 aliphatic carbocycles. The van der Waals surface area contributed by atoms with Crippen LogP contribution in [0, 0.1) is 0 Å². The quantitative estimate of drug-likeness (QED) is 0.789. The molecule has 1 aromatic heterocycles. The van der Waals surface area contributed by atoms with Gasteiger partial charge in [-0.1, -0.05) is 26.1 Å². The van der Waals surface area contributed by atoms with Crippen LogP contribution in [0.2, 0.25) is 0 Å². The molecule has 94 valence electrons. The van der Waals surface area contributed by atoms with Crippen LogP contribution in [0.3, 0.4) is 0 Å². The van der Waals surface area contributed by atoms with Crippen LogP contribution in [0.25, 0.3) is 0 Å². The van der Waals surface area contributed by atoms with Crippen LogP contribution >= 0.6 is 12.2 Å². The maximum atomic E-state index is 12.1. The summed E-state index contributed by atoms with van der Waals surface area (Å²) >= 11 is 4.79. The van der Waals surface area contributed by atoms with Gasteiger partial charge in [-0.2, -0.15) is 0 Å². The lowest BCUT2D eigenvalue weighted by atomic mass is 10.3. The Morgan fingerprint density at radius 2 is 1.71 bits per heavy atom. The molecule has 0 aliphatic heterocycles. The monoisotopic (exact) mass is 255 g/mol. The highest BCUT2D eigenvalue weighted by molar-refractivity contribution is 7.79. The SMILES string of the molecule is CCCn1c(N)c(C=S)c(=O)n(CCC)c1=O. The number of hydrogen-bond acceptors (Lipinski definition) is 4. The second-order valence-corrected chi connectivity index (χ2v) is 4.04. The van der Waals surface area contributed by atoms with E-state index < -0.39 is 5.56 Å². The zero-order valence-electron chi connectivity index (χ0n) is 10.1. The van der Waals surface area contributed by atoms with Crippen molar-refractivity contribution in [1.82, 2.24) is 9.13 Å². The summed E-state index contributed by atoms with van der Waals surface area (Å²) in [5.41, 5.74) is 5.29. The predicted octanol–water partition coefficient (Wildman–Crippen LogP) is 0.760. The lowest BCUT2D eigenvalue weighted by molar-refractivity contribution is 0.545. The lowest BCUT2D eigenvalue weighted by Gasteiger charge is -2.13. The fourth-order valence-electron chi connectivity index (χ4n) is 1.71. The molecule has 2 N–H and O–H groups in total. The van der Waals surface area contributed by atoms with E-state index in [0.29, 0.717) is 19.5 Å². The molecule has 1 heterocycles. The molecule has 1 aromatic rings. The highest BCUT2D eigenvalue weighted by Gasteiger charge is 2.14. The van der Waals surface area contributed by atoms with Gasteiger partial charge in [0.2, 0.25) is 0 Å². The molecular weight excluding hydrogens is 238 g/mol. The summed E-state index contributed by atoms with van der Waals surface area (Å²) in [6.45, 7) is 4.73. The number of hydrogen-bond donors (Lipinski definition) is 1. The average molecular weight is 255 g/mol. The van der Waals surface area contributed by atoms with E-state index in [4.69, 9.17) is 18.0 Å². The standard InChI is InChI=1S/C11H17N3O2S/c1-3-5-13-9(12)8(7-17)10(15)14(6-4-2)11(13)16/h7H,3-6,12H2,1-2H3. The molecule has 0 atom stereocenters. The van der Waals surface area contributed by atoms with Crippen LogP contribution in [0.5, 0.6) is 0 Å². The lowest BCUT2D eigenvalue weighted by Crippen LogP contribution is -2.43. The molecule has 0 saturated carbocycles. The molecule has 5 nitrogen and oxygen atoms in total. The van der Waals surface area contributed by atoms with E-state index in [1.54, 1.807) is 0 Å². The van der Waals surface area contributed by atoms with Gasteiger partial charge >= 0.3 is 5.69 Å². The van der Waals surface area contributed by atoms with E-state index in [-0.39, 0.29) is 17.1 Å². The summed E-state index contributed by atoms with van der Waals surface area (Å²) in [5.74, 6) is 0.171. The molecule has 0 spiro atoms. The number of anilines is 1. The van der Waals surface area contributed by atoms with Gasteiger partial charge in [-0.25, -0.2) is 4.79 Å². The summed E-state index contributed by atoms with van der Waals surface area (Å²) in [6.07, 6.45) is 1.48. The minimum absolute atomic E-state index is 0.171. The van der Waals surface area contributed by atoms with Crippen molar-refractivity contribution in [1.29, 1.82) is 0 Å². The summed E-state index contributed by atoms with van der Waals surface area (Å²) in [7, 11) is 0. The molecule has 0 unspecified atom stereocenters. The first-order chi connectivity index (χ1) is 8.08. The number of rotatable bonds is 5. The Labute approximate surface area is 105 Å². The van der Waals surface area contributed by atoms with Crippen LogP contribution < -0.4 is 17.0 Å². The first-order valence-electron chi connectivity index (χ1n) is 5.66. The average Bonchev–Trinajstić information content (AvgIpc) is 2.31. The van der Waals surface area contributed by atoms with Crippen LogP contribution in [0.1, 0.15) is 32.3 Å². The van der Waals surface area contributed by atoms with E-state index in [1.165, 1.54) is 14.5 Å². The third kappa shape index (κ3) is 2.46. The molecule has 0 amide bonds. The van der Waals surface area contributed by atoms with Gasteiger partial charge in [0, 0.05) is 18.5 Å². The van der Waals surface area contributed by atoms with E-state index >= 15 is 0 Å². The number of nitrogens with two attached hydrogens (primary N) is 1. The van der Waals surface area contributed by atoms with Crippen molar-refractivity contribution in [3.8, 4) is 0 Å². The molecule has 0 radical (unpaired) electrons. The van der Waals surface area contributed by atoms with E-state index in [2.05, 4.69) is 0 Å². The van der Waals surface area contributed by atoms with Gasteiger partial charge in [0.1, 0.15) is 5.82 Å². The second kappa shape index (κ2) is 5.77. The van der Waals surface area contributed by atoms with Crippen molar-refractivity contribution in [2.45, 2.75) is 39.8 Å². The normalized spacial score (nSPS) is 10.5. The zero-order chi connectivity index (χ0) is 13.0. The highest BCUT2D eigenvalue weighted by atomic mass is 32.1. The van der Waals surface area contributed by atoms with Gasteiger partial charge in [0.25, 0.3) is 5.56 Å². The van der Waals surface area contributed by atoms with Gasteiger partial charge in [0.05, 0.1) is 5.56 Å². The van der Waals surface area contributed by atoms with Gasteiger partial charge in [-0.05, 0) is 12.8 Å². The summed E-state index contributed by atoms with van der Waals surface area (Å²) in [6, 6.07) is 0. The first kappa shape index (κ1) is 13.6. The van der Waals surface area contributed by atoms with E-state index in [0.717, 1.165) is 6.42 Å². The molecule has 0 aliphatic rings. The van der Waals surface area contributed by atoms with Gasteiger partial charge in [0.15, 0.2) is 0 Å². The van der Waals surface area contributed by atoms with Crippen molar-refractivity contribution >= 4 is 23.4 Å². The molecular formula is C11H17N3O2S. The van der Waals surface area contributed by atoms with Crippen LogP contribution in [0.4, 0.5) is 5.82 Å². The molecule has 0 bridgehead atoms. The van der Waals surface area contributed by atoms with Crippen molar-refractivity contribution in [3.63, 3.8) is 0 Å². The van der Waals surface area contributed by atoms with E-state index in [1.807, 2.05) is 13.8 Å². The van der Waals surface area contributed by atoms with Crippen molar-refractivity contribution in [3.05, 3.63) is 26.4 Å². The molecule has 0 fully saturated rings. The van der Waals surface area contributed by atoms with Crippen LogP contribution in [0.15, 0.2) is 9.59 Å². The molecule has 17 heavy (non-hydrogen) atoms. The summed E-state index contributed by atoms with van der Waals surface area (Å²) in [5, 5.41) is 1.25. The number of thiocarbonyl (C=S) groups is 1. The van der Waals surface area contributed by atoms with Gasteiger partial charge < -0.3 is 5.73 Å². The summed E-state index contributed by atoms with van der Waals surface area (Å²) in [4.78, 5) is 24.0. The van der Waals surface area contributed by atoms with Crippen LogP contribution in [-0.4, -0.2) is 14.5 Å². The molecule has 6 heteroatoms. The number of nitrogen functional groups attached to an aromatic ring is 1. The largest absolute Gasteiger partial charge is 0.384 e. The zero-order valence-corrected chi connectivity index (χ0v) is 10.9. The van der Waals surface area contributed by atoms with Crippen molar-refractivity contribution in [2.24, 2.45) is 0 Å². The fraction of sp³-hybridized carbons (Fsp3) is 0.545. The number of aromatic nitrogens is 2. The Hall–Kier alpha value is -1.43. The highest BCUT2D eigenvalue weighted by Crippen LogP contribution is 2.03. The Morgan fingerprint density at radius 1 is 1.18 bits per heavy atom. The summed E-state index contributed by atoms with van der Waals surface area (Å²) < 4.78 is 2.61. The minimum Gasteiger partial charge on any atom is -0.384 e. The maximum Gasteiger partial charge on any atom is 0.332 e. The van der Waals surface area contributed by atoms with Crippen molar-refractivity contribution < 1.29 is 0 Å². The Morgan fingerprint density at radius 3 is 2.18 bits per heavy atom. The Bertz CT molecular complexity index is 531. The smallest absolute Gasteiger partial charge is 0.332 e.